The summed E-state index contributed by atoms with van der Waals surface area (Å²) in [4.78, 5) is 0. The van der Waals surface area contributed by atoms with Crippen molar-refractivity contribution in [2.45, 2.75) is 40.0 Å². The van der Waals surface area contributed by atoms with Crippen LogP contribution in [0.25, 0.3) is 99.5 Å². The lowest BCUT2D eigenvalue weighted by molar-refractivity contribution is -0.142. The number of aromatic nitrogens is 2. The van der Waals surface area contributed by atoms with Crippen LogP contribution in [0.15, 0.2) is 176 Å². The fourth-order valence-electron chi connectivity index (χ4n) is 10.4. The van der Waals surface area contributed by atoms with E-state index in [1.165, 1.54) is 0 Å². The number of benzene rings is 9. The van der Waals surface area contributed by atoms with Crippen LogP contribution in [-0.2, 0) is 12.4 Å². The molecule has 3 nitrogen and oxygen atoms in total. The number of alkyl halides is 6. The summed E-state index contributed by atoms with van der Waals surface area (Å²) < 4.78 is 91.1. The lowest BCUT2D eigenvalue weighted by Crippen LogP contribution is -2.12. The molecule has 0 bridgehead atoms. The Hall–Kier alpha value is -8.35. The molecule has 0 N–H and O–H groups in total. The molecule has 2 heterocycles. The monoisotopic (exact) mass is 929 g/mol. The van der Waals surface area contributed by atoms with Crippen LogP contribution in [0.4, 0.5) is 26.3 Å². The minimum Gasteiger partial charge on any atom is -0.309 e. The minimum absolute atomic E-state index is 0.0633. The summed E-state index contributed by atoms with van der Waals surface area (Å²) >= 11 is 0. The van der Waals surface area contributed by atoms with Crippen LogP contribution in [0.3, 0.4) is 0 Å². The Labute approximate surface area is 399 Å². The van der Waals surface area contributed by atoms with E-state index in [1.807, 2.05) is 54.6 Å². The molecule has 9 heteroatoms. The number of hydrogen-bond acceptors (Lipinski definition) is 1. The molecule has 0 unspecified atom stereocenters. The molecule has 0 atom stereocenters. The maximum Gasteiger partial charge on any atom is 0.417 e. The minimum atomic E-state index is -5.12. The first-order chi connectivity index (χ1) is 33.6. The van der Waals surface area contributed by atoms with Crippen LogP contribution < -0.4 is 0 Å². The zero-order valence-corrected chi connectivity index (χ0v) is 38.4. The maximum atomic E-state index is 15.0. The molecular weight excluding hydrogens is 889 g/mol. The Morgan fingerprint density at radius 2 is 0.871 bits per heavy atom. The average Bonchev–Trinajstić information content (AvgIpc) is 3.85. The maximum absolute atomic E-state index is 15.0. The summed E-state index contributed by atoms with van der Waals surface area (Å²) in [7, 11) is 0. The summed E-state index contributed by atoms with van der Waals surface area (Å²) in [6.07, 6.45) is -10.1. The van der Waals surface area contributed by atoms with Gasteiger partial charge in [-0.3, -0.25) is 0 Å². The summed E-state index contributed by atoms with van der Waals surface area (Å²) in [6.45, 7) is 8.29. The standard InChI is InChI=1S/C61H41F6N3/c1-35-13-20-44(37(3)27-35)40-16-24-56-50(30-40)47-9-5-7-11-54(47)69(56)57-26-18-42(46-23-19-43(60(62,63)64)33-53(46)61(65,66)67)32-52(57)49-22-15-39(34-68)29-59(49)70-55-12-8-6-10-48(55)51-31-41(17-25-58(51)70)45-21-14-36(2)28-38(45)4/h5-33H,1-4H3. The summed E-state index contributed by atoms with van der Waals surface area (Å²) in [6, 6.07) is 55.5. The van der Waals surface area contributed by atoms with Crippen molar-refractivity contribution in [1.29, 1.82) is 5.26 Å². The number of nitriles is 1. The highest BCUT2D eigenvalue weighted by molar-refractivity contribution is 6.13. The van der Waals surface area contributed by atoms with E-state index in [1.54, 1.807) is 30.3 Å². The molecule has 0 aliphatic heterocycles. The molecule has 11 aromatic rings. The Kier molecular flexibility index (Phi) is 10.4. The van der Waals surface area contributed by atoms with Crippen LogP contribution in [0.1, 0.15) is 38.9 Å². The van der Waals surface area contributed by atoms with Gasteiger partial charge in [0, 0.05) is 32.7 Å². The van der Waals surface area contributed by atoms with E-state index < -0.39 is 29.0 Å². The number of rotatable bonds is 6. The van der Waals surface area contributed by atoms with E-state index >= 15 is 0 Å². The molecule has 0 spiro atoms. The number of para-hydroxylation sites is 2. The second kappa shape index (κ2) is 16.4. The normalized spacial score (nSPS) is 12.1. The first kappa shape index (κ1) is 44.2. The van der Waals surface area contributed by atoms with E-state index in [4.69, 9.17) is 0 Å². The van der Waals surface area contributed by atoms with E-state index in [0.717, 1.165) is 94.2 Å². The molecule has 0 aliphatic rings. The Balaban J connectivity index is 1.22. The largest absolute Gasteiger partial charge is 0.417 e. The SMILES string of the molecule is Cc1ccc(-c2ccc3c(c2)c2ccccc2n3-c2ccc(-c3ccc(C(F)(F)F)cc3C(F)(F)F)cc2-c2ccc(C#N)cc2-n2c3ccccc3c3cc(-c4ccc(C)cc4C)ccc32)c(C)c1. The molecular formula is C61H41F6N3. The second-order valence-corrected chi connectivity index (χ2v) is 18.1. The van der Waals surface area contributed by atoms with Crippen molar-refractivity contribution in [3.05, 3.63) is 215 Å². The zero-order valence-electron chi connectivity index (χ0n) is 38.4. The molecule has 0 aliphatic carbocycles. The fraction of sp³-hybridized carbons (Fsp3) is 0.0984. The number of hydrogen-bond donors (Lipinski definition) is 0. The third-order valence-corrected chi connectivity index (χ3v) is 13.6. The topological polar surface area (TPSA) is 33.6 Å². The zero-order chi connectivity index (χ0) is 48.8. The highest BCUT2D eigenvalue weighted by Gasteiger charge is 2.38. The molecule has 0 radical (unpaired) electrons. The van der Waals surface area contributed by atoms with Gasteiger partial charge in [-0.1, -0.05) is 114 Å². The summed E-state index contributed by atoms with van der Waals surface area (Å²) in [5.41, 5.74) is 11.6. The average molecular weight is 930 g/mol. The Morgan fingerprint density at radius 3 is 1.40 bits per heavy atom. The predicted octanol–water partition coefficient (Wildman–Crippen LogP) is 17.7. The van der Waals surface area contributed by atoms with Gasteiger partial charge < -0.3 is 9.13 Å². The summed E-state index contributed by atoms with van der Waals surface area (Å²) in [5, 5.41) is 14.3. The van der Waals surface area contributed by atoms with Gasteiger partial charge in [0.2, 0.25) is 0 Å². The highest BCUT2D eigenvalue weighted by atomic mass is 19.4. The molecule has 0 amide bonds. The van der Waals surface area contributed by atoms with Gasteiger partial charge in [0.05, 0.1) is 56.2 Å². The molecule has 0 saturated carbocycles. The summed E-state index contributed by atoms with van der Waals surface area (Å²) in [5.74, 6) is 0. The van der Waals surface area contributed by atoms with Gasteiger partial charge in [0.1, 0.15) is 0 Å². The molecule has 0 saturated heterocycles. The van der Waals surface area contributed by atoms with Crippen molar-refractivity contribution in [2.24, 2.45) is 0 Å². The van der Waals surface area contributed by atoms with Gasteiger partial charge in [-0.05, 0) is 145 Å². The number of halogens is 6. The van der Waals surface area contributed by atoms with Gasteiger partial charge in [0.15, 0.2) is 0 Å². The van der Waals surface area contributed by atoms with Crippen molar-refractivity contribution >= 4 is 43.6 Å². The Bertz CT molecular complexity index is 3990. The first-order valence-corrected chi connectivity index (χ1v) is 22.8. The molecule has 9 aromatic carbocycles. The smallest absolute Gasteiger partial charge is 0.309 e. The number of fused-ring (bicyclic) bond motifs is 6. The van der Waals surface area contributed by atoms with Crippen LogP contribution >= 0.6 is 0 Å². The van der Waals surface area contributed by atoms with Crippen molar-refractivity contribution in [1.82, 2.24) is 9.13 Å². The number of aryl methyl sites for hydroxylation is 4. The highest BCUT2D eigenvalue weighted by Crippen LogP contribution is 2.46. The van der Waals surface area contributed by atoms with Crippen molar-refractivity contribution < 1.29 is 26.3 Å². The molecule has 2 aromatic heterocycles. The lowest BCUT2D eigenvalue weighted by Gasteiger charge is -2.21. The van der Waals surface area contributed by atoms with Crippen LogP contribution in [-0.4, -0.2) is 9.13 Å². The van der Waals surface area contributed by atoms with Gasteiger partial charge >= 0.3 is 12.4 Å². The van der Waals surface area contributed by atoms with Crippen molar-refractivity contribution in [2.75, 3.05) is 0 Å². The van der Waals surface area contributed by atoms with Crippen molar-refractivity contribution in [3.8, 4) is 62.0 Å². The number of nitrogens with zero attached hydrogens (tertiary/aromatic N) is 3. The quantitative estimate of drug-likeness (QED) is 0.153. The fourth-order valence-corrected chi connectivity index (χ4v) is 10.4. The van der Waals surface area contributed by atoms with E-state index in [9.17, 15) is 31.6 Å². The second-order valence-electron chi connectivity index (χ2n) is 18.1. The van der Waals surface area contributed by atoms with Gasteiger partial charge in [-0.2, -0.15) is 31.6 Å². The van der Waals surface area contributed by atoms with E-state index in [0.29, 0.717) is 34.1 Å². The third-order valence-electron chi connectivity index (χ3n) is 13.6. The van der Waals surface area contributed by atoms with Gasteiger partial charge in [-0.25, -0.2) is 0 Å². The molecule has 342 valence electrons. The molecule has 11 rings (SSSR count). The van der Waals surface area contributed by atoms with Crippen LogP contribution in [0.5, 0.6) is 0 Å². The van der Waals surface area contributed by atoms with E-state index in [2.05, 4.69) is 116 Å². The predicted molar refractivity (Wildman–Crippen MR) is 271 cm³/mol. The van der Waals surface area contributed by atoms with Crippen LogP contribution in [0.2, 0.25) is 0 Å². The van der Waals surface area contributed by atoms with Gasteiger partial charge in [-0.15, -0.1) is 0 Å². The first-order valence-electron chi connectivity index (χ1n) is 22.8. The molecule has 0 fully saturated rings. The van der Waals surface area contributed by atoms with Crippen molar-refractivity contribution in [3.63, 3.8) is 0 Å². The van der Waals surface area contributed by atoms with Crippen LogP contribution in [0, 0.1) is 39.0 Å². The van der Waals surface area contributed by atoms with Gasteiger partial charge in [0.25, 0.3) is 0 Å². The lowest BCUT2D eigenvalue weighted by atomic mass is 9.92. The van der Waals surface area contributed by atoms with E-state index in [-0.39, 0.29) is 11.6 Å². The Morgan fingerprint density at radius 1 is 0.386 bits per heavy atom. The molecule has 70 heavy (non-hydrogen) atoms. The third kappa shape index (κ3) is 7.39.